The van der Waals surface area contributed by atoms with Crippen LogP contribution < -0.4 is 4.90 Å². The Morgan fingerprint density at radius 1 is 1.27 bits per heavy atom. The van der Waals surface area contributed by atoms with E-state index in [2.05, 4.69) is 14.9 Å². The van der Waals surface area contributed by atoms with Crippen molar-refractivity contribution in [1.82, 2.24) is 9.97 Å². The van der Waals surface area contributed by atoms with E-state index in [1.165, 1.54) is 25.7 Å². The summed E-state index contributed by atoms with van der Waals surface area (Å²) in [6, 6.07) is 0.692. The van der Waals surface area contributed by atoms with Crippen molar-refractivity contribution in [2.24, 2.45) is 5.92 Å². The molecule has 3 rings (SSSR count). The molecule has 0 aromatic carbocycles. The van der Waals surface area contributed by atoms with Crippen molar-refractivity contribution in [3.63, 3.8) is 0 Å². The van der Waals surface area contributed by atoms with Gasteiger partial charge in [0.05, 0.1) is 12.4 Å². The van der Waals surface area contributed by atoms with Gasteiger partial charge in [0.25, 0.3) is 0 Å². The summed E-state index contributed by atoms with van der Waals surface area (Å²) in [6.45, 7) is 1.12. The predicted molar refractivity (Wildman–Crippen MR) is 60.1 cm³/mol. The molecule has 15 heavy (non-hydrogen) atoms. The molecule has 1 aliphatic carbocycles. The van der Waals surface area contributed by atoms with E-state index in [0.717, 1.165) is 18.3 Å². The Balaban J connectivity index is 1.88. The van der Waals surface area contributed by atoms with Crippen molar-refractivity contribution in [3.05, 3.63) is 17.5 Å². The molecule has 0 amide bonds. The maximum Gasteiger partial charge on any atom is 0.149 e. The molecule has 1 aromatic rings. The number of hydrogen-bond acceptors (Lipinski definition) is 3. The first-order chi connectivity index (χ1) is 7.34. The van der Waals surface area contributed by atoms with E-state index in [1.807, 2.05) is 6.20 Å². The number of fused-ring (bicyclic) bond motifs is 1. The number of rotatable bonds is 1. The summed E-state index contributed by atoms with van der Waals surface area (Å²) < 4.78 is 0. The molecule has 2 aliphatic rings. The highest BCUT2D eigenvalue weighted by Gasteiger charge is 2.38. The number of hydrogen-bond donors (Lipinski definition) is 0. The average Bonchev–Trinajstić information content (AvgIpc) is 2.77. The second-order valence-electron chi connectivity index (χ2n) is 4.44. The zero-order chi connectivity index (χ0) is 10.3. The highest BCUT2D eigenvalue weighted by molar-refractivity contribution is 6.29. The highest BCUT2D eigenvalue weighted by atomic mass is 35.5. The number of halogens is 1. The summed E-state index contributed by atoms with van der Waals surface area (Å²) in [5, 5.41) is 0.494. The molecule has 1 aliphatic heterocycles. The third kappa shape index (κ3) is 1.59. The lowest BCUT2D eigenvalue weighted by Gasteiger charge is -2.24. The van der Waals surface area contributed by atoms with Crippen molar-refractivity contribution in [3.8, 4) is 0 Å². The number of anilines is 1. The minimum Gasteiger partial charge on any atom is -0.352 e. The fourth-order valence-electron chi connectivity index (χ4n) is 2.99. The van der Waals surface area contributed by atoms with Crippen LogP contribution in [0.5, 0.6) is 0 Å². The topological polar surface area (TPSA) is 29.0 Å². The fourth-order valence-corrected chi connectivity index (χ4v) is 3.13. The zero-order valence-corrected chi connectivity index (χ0v) is 9.32. The second-order valence-corrected chi connectivity index (χ2v) is 4.83. The lowest BCUT2D eigenvalue weighted by Crippen LogP contribution is -2.30. The first kappa shape index (κ1) is 9.40. The molecule has 0 bridgehead atoms. The molecule has 80 valence electrons. The summed E-state index contributed by atoms with van der Waals surface area (Å²) >= 11 is 5.87. The zero-order valence-electron chi connectivity index (χ0n) is 8.56. The van der Waals surface area contributed by atoms with Gasteiger partial charge in [-0.3, -0.25) is 4.98 Å². The van der Waals surface area contributed by atoms with Gasteiger partial charge in [0, 0.05) is 12.6 Å². The minimum atomic E-state index is 0.494. The molecule has 0 N–H and O–H groups in total. The molecule has 1 aromatic heterocycles. The Labute approximate surface area is 94.5 Å². The van der Waals surface area contributed by atoms with E-state index in [1.54, 1.807) is 6.20 Å². The summed E-state index contributed by atoms with van der Waals surface area (Å²) in [7, 11) is 0. The average molecular weight is 224 g/mol. The van der Waals surface area contributed by atoms with Crippen LogP contribution in [0, 0.1) is 5.92 Å². The normalized spacial score (nSPS) is 29.5. The van der Waals surface area contributed by atoms with Crippen LogP contribution in [-0.2, 0) is 0 Å². The molecule has 0 radical (unpaired) electrons. The molecule has 1 saturated heterocycles. The van der Waals surface area contributed by atoms with Crippen molar-refractivity contribution in [2.45, 2.75) is 31.7 Å². The molecular weight excluding hydrogens is 210 g/mol. The SMILES string of the molecule is Clc1cncc(N2CCC3CCCC32)n1. The largest absolute Gasteiger partial charge is 0.352 e. The van der Waals surface area contributed by atoms with Gasteiger partial charge in [0.1, 0.15) is 11.0 Å². The van der Waals surface area contributed by atoms with Gasteiger partial charge in [-0.15, -0.1) is 0 Å². The molecule has 2 atom stereocenters. The molecule has 2 fully saturated rings. The van der Waals surface area contributed by atoms with Gasteiger partial charge in [-0.1, -0.05) is 18.0 Å². The monoisotopic (exact) mass is 223 g/mol. The molecule has 4 heteroatoms. The first-order valence-corrected chi connectivity index (χ1v) is 5.96. The van der Waals surface area contributed by atoms with Gasteiger partial charge in [-0.05, 0) is 25.2 Å². The number of nitrogens with zero attached hydrogens (tertiary/aromatic N) is 3. The third-order valence-corrected chi connectivity index (χ3v) is 3.83. The Hall–Kier alpha value is -0.830. The summed E-state index contributed by atoms with van der Waals surface area (Å²) in [5.41, 5.74) is 0. The summed E-state index contributed by atoms with van der Waals surface area (Å²) in [4.78, 5) is 10.8. The van der Waals surface area contributed by atoms with E-state index in [-0.39, 0.29) is 0 Å². The van der Waals surface area contributed by atoms with Crippen LogP contribution in [0.3, 0.4) is 0 Å². The smallest absolute Gasteiger partial charge is 0.149 e. The van der Waals surface area contributed by atoms with E-state index >= 15 is 0 Å². The van der Waals surface area contributed by atoms with E-state index in [4.69, 9.17) is 11.6 Å². The maximum atomic E-state index is 5.87. The molecule has 2 heterocycles. The molecule has 2 unspecified atom stereocenters. The van der Waals surface area contributed by atoms with Crippen LogP contribution in [0.15, 0.2) is 12.4 Å². The molecular formula is C11H14ClN3. The first-order valence-electron chi connectivity index (χ1n) is 5.59. The lowest BCUT2D eigenvalue weighted by molar-refractivity contribution is 0.540. The van der Waals surface area contributed by atoms with Crippen molar-refractivity contribution in [2.75, 3.05) is 11.4 Å². The second kappa shape index (κ2) is 3.63. The van der Waals surface area contributed by atoms with Gasteiger partial charge in [-0.2, -0.15) is 0 Å². The standard InChI is InChI=1S/C11H14ClN3/c12-10-6-13-7-11(14-10)15-5-4-8-2-1-3-9(8)15/h6-9H,1-5H2. The van der Waals surface area contributed by atoms with Gasteiger partial charge >= 0.3 is 0 Å². The van der Waals surface area contributed by atoms with Crippen LogP contribution in [0.1, 0.15) is 25.7 Å². The Bertz CT molecular complexity index is 369. The van der Waals surface area contributed by atoms with Gasteiger partial charge in [-0.25, -0.2) is 4.98 Å². The van der Waals surface area contributed by atoms with Crippen molar-refractivity contribution in [1.29, 1.82) is 0 Å². The Morgan fingerprint density at radius 2 is 2.20 bits per heavy atom. The van der Waals surface area contributed by atoms with Crippen LogP contribution in [-0.4, -0.2) is 22.6 Å². The predicted octanol–water partition coefficient (Wildman–Crippen LogP) is 2.51. The van der Waals surface area contributed by atoms with Crippen molar-refractivity contribution < 1.29 is 0 Å². The Morgan fingerprint density at radius 3 is 3.07 bits per heavy atom. The third-order valence-electron chi connectivity index (χ3n) is 3.65. The molecule has 1 saturated carbocycles. The number of aromatic nitrogens is 2. The summed E-state index contributed by atoms with van der Waals surface area (Å²) in [6.07, 6.45) is 8.77. The Kier molecular flexibility index (Phi) is 2.28. The quantitative estimate of drug-likeness (QED) is 0.733. The van der Waals surface area contributed by atoms with Gasteiger partial charge in [0.2, 0.25) is 0 Å². The van der Waals surface area contributed by atoms with Crippen LogP contribution in [0.2, 0.25) is 5.15 Å². The van der Waals surface area contributed by atoms with E-state index in [0.29, 0.717) is 11.2 Å². The van der Waals surface area contributed by atoms with Crippen LogP contribution >= 0.6 is 11.6 Å². The maximum absolute atomic E-state index is 5.87. The lowest BCUT2D eigenvalue weighted by atomic mass is 10.1. The van der Waals surface area contributed by atoms with E-state index < -0.39 is 0 Å². The molecule has 3 nitrogen and oxygen atoms in total. The summed E-state index contributed by atoms with van der Waals surface area (Å²) in [5.74, 6) is 1.84. The minimum absolute atomic E-state index is 0.494. The van der Waals surface area contributed by atoms with Crippen LogP contribution in [0.25, 0.3) is 0 Å². The van der Waals surface area contributed by atoms with Crippen molar-refractivity contribution >= 4 is 17.4 Å². The highest BCUT2D eigenvalue weighted by Crippen LogP contribution is 2.39. The van der Waals surface area contributed by atoms with E-state index in [9.17, 15) is 0 Å². The van der Waals surface area contributed by atoms with Crippen LogP contribution in [0.4, 0.5) is 5.82 Å². The van der Waals surface area contributed by atoms with Gasteiger partial charge < -0.3 is 4.90 Å². The fraction of sp³-hybridized carbons (Fsp3) is 0.636. The van der Waals surface area contributed by atoms with Gasteiger partial charge in [0.15, 0.2) is 0 Å². The molecule has 0 spiro atoms.